The van der Waals surface area contributed by atoms with E-state index >= 15 is 0 Å². The second-order valence-corrected chi connectivity index (χ2v) is 5.40. The van der Waals surface area contributed by atoms with Gasteiger partial charge in [0.05, 0.1) is 5.54 Å². The van der Waals surface area contributed by atoms with Crippen LogP contribution in [0.2, 0.25) is 5.02 Å². The molecule has 0 aliphatic carbocycles. The molecule has 1 unspecified atom stereocenters. The van der Waals surface area contributed by atoms with Crippen LogP contribution in [0, 0.1) is 0 Å². The average molecular weight is 267 g/mol. The molecule has 4 heteroatoms. The Balaban J connectivity index is 1.94. The van der Waals surface area contributed by atoms with Crippen molar-refractivity contribution in [2.45, 2.75) is 38.3 Å². The van der Waals surface area contributed by atoms with Crippen molar-refractivity contribution in [3.05, 3.63) is 34.9 Å². The average Bonchev–Trinajstić information content (AvgIpc) is 2.38. The number of carbonyl (C=O) groups is 1. The molecule has 1 aliphatic rings. The van der Waals surface area contributed by atoms with E-state index in [1.54, 1.807) is 0 Å². The lowest BCUT2D eigenvalue weighted by molar-refractivity contribution is -0.128. The molecule has 2 rings (SSSR count). The van der Waals surface area contributed by atoms with Gasteiger partial charge in [-0.05, 0) is 44.4 Å². The first-order chi connectivity index (χ1) is 8.62. The van der Waals surface area contributed by atoms with Crippen LogP contribution in [0.25, 0.3) is 0 Å². The van der Waals surface area contributed by atoms with Crippen molar-refractivity contribution in [3.63, 3.8) is 0 Å². The number of nitrogens with one attached hydrogen (secondary N) is 2. The molecule has 1 amide bonds. The highest BCUT2D eigenvalue weighted by molar-refractivity contribution is 6.31. The molecule has 0 aromatic heterocycles. The number of piperidine rings is 1. The summed E-state index contributed by atoms with van der Waals surface area (Å²) in [7, 11) is 0. The van der Waals surface area contributed by atoms with E-state index in [2.05, 4.69) is 10.6 Å². The molecule has 1 aromatic rings. The first-order valence-electron chi connectivity index (χ1n) is 6.38. The summed E-state index contributed by atoms with van der Waals surface area (Å²) in [4.78, 5) is 12.2. The fourth-order valence-electron chi connectivity index (χ4n) is 2.26. The van der Waals surface area contributed by atoms with Gasteiger partial charge in [-0.1, -0.05) is 29.8 Å². The highest BCUT2D eigenvalue weighted by atomic mass is 35.5. The SMILES string of the molecule is CC1(C(=O)NCc2ccccc2Cl)CCCCN1. The van der Waals surface area contributed by atoms with Crippen LogP contribution in [0.3, 0.4) is 0 Å². The van der Waals surface area contributed by atoms with Crippen LogP contribution in [-0.4, -0.2) is 18.0 Å². The summed E-state index contributed by atoms with van der Waals surface area (Å²) < 4.78 is 0. The van der Waals surface area contributed by atoms with Gasteiger partial charge in [0.1, 0.15) is 0 Å². The summed E-state index contributed by atoms with van der Waals surface area (Å²) >= 11 is 6.06. The Morgan fingerprint density at radius 1 is 1.44 bits per heavy atom. The molecule has 1 aliphatic heterocycles. The predicted octanol–water partition coefficient (Wildman–Crippen LogP) is 2.49. The Bertz CT molecular complexity index is 428. The predicted molar refractivity (Wildman–Crippen MR) is 73.6 cm³/mol. The van der Waals surface area contributed by atoms with Crippen LogP contribution >= 0.6 is 11.6 Å². The molecule has 1 fully saturated rings. The van der Waals surface area contributed by atoms with E-state index in [1.807, 2.05) is 31.2 Å². The van der Waals surface area contributed by atoms with Crippen LogP contribution in [0.15, 0.2) is 24.3 Å². The minimum absolute atomic E-state index is 0.0575. The van der Waals surface area contributed by atoms with Crippen LogP contribution in [0.4, 0.5) is 0 Å². The molecule has 0 spiro atoms. The van der Waals surface area contributed by atoms with Crippen LogP contribution < -0.4 is 10.6 Å². The molecule has 2 N–H and O–H groups in total. The largest absolute Gasteiger partial charge is 0.350 e. The fourth-order valence-corrected chi connectivity index (χ4v) is 2.46. The molecule has 1 aromatic carbocycles. The van der Waals surface area contributed by atoms with Crippen LogP contribution in [-0.2, 0) is 11.3 Å². The fraction of sp³-hybridized carbons (Fsp3) is 0.500. The van der Waals surface area contributed by atoms with Gasteiger partial charge in [0.2, 0.25) is 5.91 Å². The molecule has 0 saturated carbocycles. The molecule has 3 nitrogen and oxygen atoms in total. The van der Waals surface area contributed by atoms with Gasteiger partial charge < -0.3 is 10.6 Å². The molecule has 18 heavy (non-hydrogen) atoms. The molecule has 1 atom stereocenters. The smallest absolute Gasteiger partial charge is 0.240 e. The van der Waals surface area contributed by atoms with Crippen molar-refractivity contribution in [2.24, 2.45) is 0 Å². The van der Waals surface area contributed by atoms with Crippen LogP contribution in [0.1, 0.15) is 31.7 Å². The molecule has 1 heterocycles. The van der Waals surface area contributed by atoms with Gasteiger partial charge in [-0.2, -0.15) is 0 Å². The zero-order chi connectivity index (χ0) is 13.0. The Morgan fingerprint density at radius 3 is 2.89 bits per heavy atom. The van der Waals surface area contributed by atoms with Gasteiger partial charge in [-0.3, -0.25) is 4.79 Å². The number of carbonyl (C=O) groups excluding carboxylic acids is 1. The van der Waals surface area contributed by atoms with E-state index in [-0.39, 0.29) is 5.91 Å². The third-order valence-electron chi connectivity index (χ3n) is 3.52. The van der Waals surface area contributed by atoms with E-state index < -0.39 is 5.54 Å². The van der Waals surface area contributed by atoms with Gasteiger partial charge >= 0.3 is 0 Å². The van der Waals surface area contributed by atoms with Crippen molar-refractivity contribution in [1.82, 2.24) is 10.6 Å². The van der Waals surface area contributed by atoms with Crippen molar-refractivity contribution < 1.29 is 4.79 Å². The minimum atomic E-state index is -0.431. The molecule has 0 radical (unpaired) electrons. The maximum atomic E-state index is 12.2. The number of hydrogen-bond acceptors (Lipinski definition) is 2. The highest BCUT2D eigenvalue weighted by Crippen LogP contribution is 2.19. The topological polar surface area (TPSA) is 41.1 Å². The Kier molecular flexibility index (Phi) is 4.25. The highest BCUT2D eigenvalue weighted by Gasteiger charge is 2.33. The number of hydrogen-bond donors (Lipinski definition) is 2. The van der Waals surface area contributed by atoms with Gasteiger partial charge in [0.15, 0.2) is 0 Å². The summed E-state index contributed by atoms with van der Waals surface area (Å²) in [5, 5.41) is 6.96. The van der Waals surface area contributed by atoms with Crippen molar-refractivity contribution in [1.29, 1.82) is 0 Å². The van der Waals surface area contributed by atoms with Crippen molar-refractivity contribution in [3.8, 4) is 0 Å². The molecular formula is C14H19ClN2O. The van der Waals surface area contributed by atoms with Gasteiger partial charge in [-0.25, -0.2) is 0 Å². The van der Waals surface area contributed by atoms with Crippen LogP contribution in [0.5, 0.6) is 0 Å². The third-order valence-corrected chi connectivity index (χ3v) is 3.89. The Hall–Kier alpha value is -1.06. The zero-order valence-electron chi connectivity index (χ0n) is 10.6. The lowest BCUT2D eigenvalue weighted by Gasteiger charge is -2.33. The van der Waals surface area contributed by atoms with Gasteiger partial charge in [-0.15, -0.1) is 0 Å². The second kappa shape index (κ2) is 5.72. The standard InChI is InChI=1S/C14H19ClN2O/c1-14(8-4-5-9-17-14)13(18)16-10-11-6-2-3-7-12(11)15/h2-3,6-7,17H,4-5,8-10H2,1H3,(H,16,18). The van der Waals surface area contributed by atoms with Crippen molar-refractivity contribution in [2.75, 3.05) is 6.54 Å². The quantitative estimate of drug-likeness (QED) is 0.883. The Labute approximate surface area is 113 Å². The minimum Gasteiger partial charge on any atom is -0.350 e. The third kappa shape index (κ3) is 3.03. The summed E-state index contributed by atoms with van der Waals surface area (Å²) in [6, 6.07) is 7.58. The second-order valence-electron chi connectivity index (χ2n) is 4.99. The molecule has 98 valence electrons. The van der Waals surface area contributed by atoms with E-state index in [0.717, 1.165) is 31.4 Å². The van der Waals surface area contributed by atoms with Gasteiger partial charge in [0, 0.05) is 11.6 Å². The number of rotatable bonds is 3. The van der Waals surface area contributed by atoms with E-state index in [9.17, 15) is 4.79 Å². The molecule has 0 bridgehead atoms. The summed E-state index contributed by atoms with van der Waals surface area (Å²) in [6.45, 7) is 3.36. The summed E-state index contributed by atoms with van der Waals surface area (Å²) in [5.41, 5.74) is 0.520. The number of amides is 1. The monoisotopic (exact) mass is 266 g/mol. The maximum Gasteiger partial charge on any atom is 0.240 e. The molecule has 1 saturated heterocycles. The van der Waals surface area contributed by atoms with E-state index in [0.29, 0.717) is 11.6 Å². The van der Waals surface area contributed by atoms with Crippen molar-refractivity contribution >= 4 is 17.5 Å². The lowest BCUT2D eigenvalue weighted by Crippen LogP contribution is -2.56. The van der Waals surface area contributed by atoms with Gasteiger partial charge in [0.25, 0.3) is 0 Å². The summed E-state index contributed by atoms with van der Waals surface area (Å²) in [5.74, 6) is 0.0575. The number of benzene rings is 1. The van der Waals surface area contributed by atoms with E-state index in [1.165, 1.54) is 0 Å². The number of halogens is 1. The van der Waals surface area contributed by atoms with E-state index in [4.69, 9.17) is 11.6 Å². The maximum absolute atomic E-state index is 12.2. The first kappa shape index (κ1) is 13.4. The summed E-state index contributed by atoms with van der Waals surface area (Å²) in [6.07, 6.45) is 3.14. The Morgan fingerprint density at radius 2 is 2.22 bits per heavy atom. The molecular weight excluding hydrogens is 248 g/mol. The first-order valence-corrected chi connectivity index (χ1v) is 6.76. The lowest BCUT2D eigenvalue weighted by atomic mass is 9.90. The normalized spacial score (nSPS) is 23.7. The zero-order valence-corrected chi connectivity index (χ0v) is 11.4.